The number of hydrogen-bond acceptors (Lipinski definition) is 6. The molecule has 0 aliphatic heterocycles. The number of nitrogens with one attached hydrogen (secondary N) is 1. The maximum Gasteiger partial charge on any atom is 0.213 e. The third-order valence-electron chi connectivity index (χ3n) is 3.01. The maximum absolute atomic E-state index is 5.79. The minimum atomic E-state index is 0.648. The molecule has 0 atom stereocenters. The first-order valence-electron chi connectivity index (χ1n) is 6.38. The maximum atomic E-state index is 5.79. The summed E-state index contributed by atoms with van der Waals surface area (Å²) in [7, 11) is 1.64. The zero-order valence-corrected chi connectivity index (χ0v) is 11.1. The number of rotatable bonds is 6. The normalized spacial score (nSPS) is 11.1. The molecule has 0 spiro atoms. The van der Waals surface area contributed by atoms with Gasteiger partial charge in [0.15, 0.2) is 17.2 Å². The van der Waals surface area contributed by atoms with Crippen LogP contribution in [0.1, 0.15) is 11.6 Å². The van der Waals surface area contributed by atoms with E-state index in [9.17, 15) is 0 Å². The Morgan fingerprint density at radius 2 is 2.30 bits per heavy atom. The van der Waals surface area contributed by atoms with Gasteiger partial charge in [-0.3, -0.25) is 0 Å². The Bertz CT molecular complexity index is 676. The lowest BCUT2D eigenvalue weighted by Gasteiger charge is -2.00. The van der Waals surface area contributed by atoms with Crippen LogP contribution in [-0.4, -0.2) is 23.8 Å². The highest BCUT2D eigenvalue weighted by Crippen LogP contribution is 2.28. The molecule has 2 heterocycles. The van der Waals surface area contributed by atoms with E-state index in [-0.39, 0.29) is 0 Å². The third kappa shape index (κ3) is 2.65. The summed E-state index contributed by atoms with van der Waals surface area (Å²) < 4.78 is 15.7. The molecule has 6 nitrogen and oxygen atoms in total. The van der Waals surface area contributed by atoms with Crippen molar-refractivity contribution in [3.8, 4) is 5.75 Å². The second-order valence-electron chi connectivity index (χ2n) is 4.37. The smallest absolute Gasteiger partial charge is 0.213 e. The molecule has 0 radical (unpaired) electrons. The average Bonchev–Trinajstić information content (AvgIpc) is 3.11. The second-order valence-corrected chi connectivity index (χ2v) is 4.37. The average molecular weight is 273 g/mol. The van der Waals surface area contributed by atoms with Gasteiger partial charge in [-0.1, -0.05) is 17.3 Å². The molecule has 0 amide bonds. The van der Waals surface area contributed by atoms with Gasteiger partial charge in [0.2, 0.25) is 6.39 Å². The van der Waals surface area contributed by atoms with Crippen molar-refractivity contribution in [2.75, 3.05) is 13.7 Å². The zero-order chi connectivity index (χ0) is 13.8. The van der Waals surface area contributed by atoms with E-state index in [1.165, 1.54) is 6.39 Å². The van der Waals surface area contributed by atoms with Crippen molar-refractivity contribution >= 4 is 11.0 Å². The van der Waals surface area contributed by atoms with E-state index in [0.717, 1.165) is 35.4 Å². The summed E-state index contributed by atoms with van der Waals surface area (Å²) in [6.45, 7) is 1.41. The molecular formula is C14H15N3O3. The van der Waals surface area contributed by atoms with Gasteiger partial charge in [0, 0.05) is 18.4 Å². The van der Waals surface area contributed by atoms with Crippen LogP contribution in [0.5, 0.6) is 5.75 Å². The fraction of sp³-hybridized carbons (Fsp3) is 0.286. The summed E-state index contributed by atoms with van der Waals surface area (Å²) in [5.74, 6) is 2.32. The van der Waals surface area contributed by atoms with Gasteiger partial charge in [0.25, 0.3) is 0 Å². The van der Waals surface area contributed by atoms with Crippen LogP contribution in [-0.2, 0) is 13.0 Å². The molecule has 104 valence electrons. The van der Waals surface area contributed by atoms with Gasteiger partial charge in [0.05, 0.1) is 13.7 Å². The monoisotopic (exact) mass is 273 g/mol. The van der Waals surface area contributed by atoms with Gasteiger partial charge in [-0.2, -0.15) is 4.98 Å². The van der Waals surface area contributed by atoms with Crippen molar-refractivity contribution in [2.24, 2.45) is 0 Å². The lowest BCUT2D eigenvalue weighted by molar-refractivity contribution is 0.405. The summed E-state index contributed by atoms with van der Waals surface area (Å²) in [6.07, 6.45) is 2.06. The van der Waals surface area contributed by atoms with Gasteiger partial charge in [-0.25, -0.2) is 0 Å². The fourth-order valence-electron chi connectivity index (χ4n) is 2.05. The number of para-hydroxylation sites is 1. The SMILES string of the molecule is COc1cccc2cc(CNCCc3ncon3)oc12. The number of furan rings is 1. The predicted molar refractivity (Wildman–Crippen MR) is 72.5 cm³/mol. The van der Waals surface area contributed by atoms with E-state index >= 15 is 0 Å². The molecule has 6 heteroatoms. The minimum absolute atomic E-state index is 0.648. The molecule has 1 N–H and O–H groups in total. The van der Waals surface area contributed by atoms with E-state index in [1.807, 2.05) is 24.3 Å². The molecule has 1 aromatic carbocycles. The van der Waals surface area contributed by atoms with Gasteiger partial charge in [-0.05, 0) is 12.1 Å². The molecule has 0 saturated carbocycles. The molecule has 0 saturated heterocycles. The summed E-state index contributed by atoms with van der Waals surface area (Å²) in [4.78, 5) is 3.96. The summed E-state index contributed by atoms with van der Waals surface area (Å²) in [5, 5.41) is 8.08. The van der Waals surface area contributed by atoms with Crippen LogP contribution in [0.4, 0.5) is 0 Å². The number of aromatic nitrogens is 2. The second kappa shape index (κ2) is 5.75. The Kier molecular flexibility index (Phi) is 3.64. The van der Waals surface area contributed by atoms with Gasteiger partial charge in [-0.15, -0.1) is 0 Å². The Morgan fingerprint density at radius 3 is 3.10 bits per heavy atom. The number of benzene rings is 1. The van der Waals surface area contributed by atoms with Crippen molar-refractivity contribution in [3.63, 3.8) is 0 Å². The van der Waals surface area contributed by atoms with Crippen LogP contribution in [0, 0.1) is 0 Å². The largest absolute Gasteiger partial charge is 0.493 e. The molecule has 0 unspecified atom stereocenters. The summed E-state index contributed by atoms with van der Waals surface area (Å²) in [5.41, 5.74) is 0.782. The zero-order valence-electron chi connectivity index (χ0n) is 11.1. The third-order valence-corrected chi connectivity index (χ3v) is 3.01. The first-order valence-corrected chi connectivity index (χ1v) is 6.38. The fourth-order valence-corrected chi connectivity index (χ4v) is 2.05. The molecule has 2 aromatic heterocycles. The Balaban J connectivity index is 1.60. The molecule has 20 heavy (non-hydrogen) atoms. The minimum Gasteiger partial charge on any atom is -0.493 e. The molecule has 0 bridgehead atoms. The molecule has 3 aromatic rings. The number of methoxy groups -OCH3 is 1. The van der Waals surface area contributed by atoms with Crippen LogP contribution < -0.4 is 10.1 Å². The highest BCUT2D eigenvalue weighted by Gasteiger charge is 2.08. The van der Waals surface area contributed by atoms with E-state index < -0.39 is 0 Å². The van der Waals surface area contributed by atoms with Gasteiger partial charge < -0.3 is 19.0 Å². The predicted octanol–water partition coefficient (Wildman–Crippen LogP) is 2.16. The van der Waals surface area contributed by atoms with Crippen LogP contribution >= 0.6 is 0 Å². The van der Waals surface area contributed by atoms with E-state index in [1.54, 1.807) is 7.11 Å². The molecule has 0 aliphatic rings. The first kappa shape index (κ1) is 12.7. The van der Waals surface area contributed by atoms with Crippen LogP contribution in [0.2, 0.25) is 0 Å². The molecule has 0 fully saturated rings. The molecular weight excluding hydrogens is 258 g/mol. The van der Waals surface area contributed by atoms with E-state index in [0.29, 0.717) is 12.4 Å². The van der Waals surface area contributed by atoms with Crippen LogP contribution in [0.25, 0.3) is 11.0 Å². The lowest BCUT2D eigenvalue weighted by Crippen LogP contribution is -2.16. The standard InChI is InChI=1S/C14H15N3O3/c1-18-12-4-2-3-10-7-11(20-14(10)12)8-15-6-5-13-16-9-19-17-13/h2-4,7,9,15H,5-6,8H2,1H3. The van der Waals surface area contributed by atoms with Gasteiger partial charge >= 0.3 is 0 Å². The van der Waals surface area contributed by atoms with Crippen molar-refractivity contribution in [1.29, 1.82) is 0 Å². The van der Waals surface area contributed by atoms with Crippen molar-refractivity contribution in [1.82, 2.24) is 15.5 Å². The van der Waals surface area contributed by atoms with Crippen molar-refractivity contribution in [3.05, 3.63) is 42.2 Å². The quantitative estimate of drug-likeness (QED) is 0.694. The van der Waals surface area contributed by atoms with Crippen molar-refractivity contribution in [2.45, 2.75) is 13.0 Å². The highest BCUT2D eigenvalue weighted by molar-refractivity contribution is 5.83. The molecule has 0 aliphatic carbocycles. The molecule has 3 rings (SSSR count). The Labute approximate surface area is 115 Å². The highest BCUT2D eigenvalue weighted by atomic mass is 16.5. The summed E-state index contributed by atoms with van der Waals surface area (Å²) >= 11 is 0. The van der Waals surface area contributed by atoms with E-state index in [2.05, 4.69) is 20.0 Å². The first-order chi connectivity index (χ1) is 9.86. The van der Waals surface area contributed by atoms with Crippen LogP contribution in [0.15, 0.2) is 39.6 Å². The van der Waals surface area contributed by atoms with Crippen molar-refractivity contribution < 1.29 is 13.7 Å². The summed E-state index contributed by atoms with van der Waals surface area (Å²) in [6, 6.07) is 7.85. The lowest BCUT2D eigenvalue weighted by atomic mass is 10.2. The number of nitrogens with zero attached hydrogens (tertiary/aromatic N) is 2. The Hall–Kier alpha value is -2.34. The van der Waals surface area contributed by atoms with E-state index in [4.69, 9.17) is 9.15 Å². The van der Waals surface area contributed by atoms with Crippen LogP contribution in [0.3, 0.4) is 0 Å². The number of fused-ring (bicyclic) bond motifs is 1. The van der Waals surface area contributed by atoms with Gasteiger partial charge in [0.1, 0.15) is 5.76 Å². The Morgan fingerprint density at radius 1 is 1.35 bits per heavy atom. The number of ether oxygens (including phenoxy) is 1. The topological polar surface area (TPSA) is 73.3 Å². The number of hydrogen-bond donors (Lipinski definition) is 1.